The Hall–Kier alpha value is -0.840. The van der Waals surface area contributed by atoms with Crippen LogP contribution in [0.2, 0.25) is 0 Å². The fraction of sp³-hybridized carbons (Fsp3) is 0.692. The molecule has 1 N–H and O–H groups in total. The first kappa shape index (κ1) is 13.6. The molecule has 0 aromatic carbocycles. The van der Waals surface area contributed by atoms with E-state index in [1.54, 1.807) is 13.2 Å². The van der Waals surface area contributed by atoms with E-state index in [4.69, 9.17) is 0 Å². The lowest BCUT2D eigenvalue weighted by molar-refractivity contribution is 0.392. The maximum atomic E-state index is 11.8. The van der Waals surface area contributed by atoms with E-state index in [-0.39, 0.29) is 5.56 Å². The standard InChI is InChI=1S/C13H20BrN3O/c1-4-9-5-6-10(8(9)2)16-11-7-15-17(3)13(18)12(11)14/h7-10,16H,4-6H2,1-3H3. The molecule has 0 radical (unpaired) electrons. The third kappa shape index (κ3) is 2.46. The van der Waals surface area contributed by atoms with Gasteiger partial charge in [0.15, 0.2) is 0 Å². The van der Waals surface area contributed by atoms with Crippen molar-refractivity contribution in [1.82, 2.24) is 9.78 Å². The fourth-order valence-corrected chi connectivity index (χ4v) is 3.31. The van der Waals surface area contributed by atoms with Crippen molar-refractivity contribution >= 4 is 21.6 Å². The van der Waals surface area contributed by atoms with Crippen molar-refractivity contribution in [3.63, 3.8) is 0 Å². The van der Waals surface area contributed by atoms with Gasteiger partial charge >= 0.3 is 0 Å². The van der Waals surface area contributed by atoms with Crippen molar-refractivity contribution in [3.05, 3.63) is 21.0 Å². The highest BCUT2D eigenvalue weighted by Gasteiger charge is 2.31. The molecular formula is C13H20BrN3O. The normalized spacial score (nSPS) is 27.4. The highest BCUT2D eigenvalue weighted by atomic mass is 79.9. The average Bonchev–Trinajstić information content (AvgIpc) is 2.71. The molecule has 0 bridgehead atoms. The second-order valence-corrected chi connectivity index (χ2v) is 5.95. The zero-order valence-corrected chi connectivity index (χ0v) is 12.7. The molecule has 2 rings (SSSR count). The Labute approximate surface area is 116 Å². The largest absolute Gasteiger partial charge is 0.380 e. The predicted molar refractivity (Wildman–Crippen MR) is 76.8 cm³/mol. The number of hydrogen-bond acceptors (Lipinski definition) is 3. The molecule has 1 fully saturated rings. The Morgan fingerprint density at radius 3 is 2.89 bits per heavy atom. The Morgan fingerprint density at radius 2 is 2.28 bits per heavy atom. The van der Waals surface area contributed by atoms with Crippen LogP contribution >= 0.6 is 15.9 Å². The first-order chi connectivity index (χ1) is 8.54. The summed E-state index contributed by atoms with van der Waals surface area (Å²) in [5.41, 5.74) is 0.712. The molecule has 1 aromatic heterocycles. The molecule has 1 aromatic rings. The zero-order valence-electron chi connectivity index (χ0n) is 11.1. The van der Waals surface area contributed by atoms with Crippen molar-refractivity contribution in [1.29, 1.82) is 0 Å². The summed E-state index contributed by atoms with van der Waals surface area (Å²) in [4.78, 5) is 11.8. The minimum Gasteiger partial charge on any atom is -0.380 e. The summed E-state index contributed by atoms with van der Waals surface area (Å²) in [7, 11) is 1.65. The van der Waals surface area contributed by atoms with E-state index in [2.05, 4.69) is 40.2 Å². The molecule has 1 aliphatic carbocycles. The van der Waals surface area contributed by atoms with E-state index in [1.807, 2.05) is 0 Å². The molecular weight excluding hydrogens is 294 g/mol. The highest BCUT2D eigenvalue weighted by Crippen LogP contribution is 2.36. The second kappa shape index (κ2) is 5.43. The molecule has 4 nitrogen and oxygen atoms in total. The van der Waals surface area contributed by atoms with Crippen molar-refractivity contribution < 1.29 is 0 Å². The molecule has 5 heteroatoms. The van der Waals surface area contributed by atoms with Gasteiger partial charge in [0, 0.05) is 13.1 Å². The van der Waals surface area contributed by atoms with Gasteiger partial charge in [-0.05, 0) is 40.6 Å². The van der Waals surface area contributed by atoms with Gasteiger partial charge in [0.1, 0.15) is 4.47 Å². The van der Waals surface area contributed by atoms with Gasteiger partial charge in [-0.3, -0.25) is 4.79 Å². The lowest BCUT2D eigenvalue weighted by atomic mass is 9.93. The zero-order chi connectivity index (χ0) is 13.3. The molecule has 18 heavy (non-hydrogen) atoms. The minimum atomic E-state index is -0.0994. The van der Waals surface area contributed by atoms with Gasteiger partial charge in [-0.1, -0.05) is 20.3 Å². The van der Waals surface area contributed by atoms with E-state index in [1.165, 1.54) is 23.9 Å². The van der Waals surface area contributed by atoms with Crippen LogP contribution in [0.3, 0.4) is 0 Å². The van der Waals surface area contributed by atoms with Crippen molar-refractivity contribution in [2.24, 2.45) is 18.9 Å². The van der Waals surface area contributed by atoms with Gasteiger partial charge in [0.05, 0.1) is 11.9 Å². The number of nitrogens with one attached hydrogen (secondary N) is 1. The van der Waals surface area contributed by atoms with Crippen LogP contribution in [0, 0.1) is 11.8 Å². The number of anilines is 1. The monoisotopic (exact) mass is 313 g/mol. The molecule has 1 saturated carbocycles. The summed E-state index contributed by atoms with van der Waals surface area (Å²) >= 11 is 3.35. The Bertz CT molecular complexity index is 486. The van der Waals surface area contributed by atoms with Gasteiger partial charge in [0.2, 0.25) is 0 Å². The Balaban J connectivity index is 2.16. The summed E-state index contributed by atoms with van der Waals surface area (Å²) in [6.45, 7) is 4.54. The molecule has 3 unspecified atom stereocenters. The van der Waals surface area contributed by atoms with E-state index in [0.29, 0.717) is 16.4 Å². The summed E-state index contributed by atoms with van der Waals surface area (Å²) < 4.78 is 1.91. The molecule has 0 saturated heterocycles. The smallest absolute Gasteiger partial charge is 0.282 e. The van der Waals surface area contributed by atoms with Crippen molar-refractivity contribution in [2.75, 3.05) is 5.32 Å². The van der Waals surface area contributed by atoms with Crippen LogP contribution in [0.25, 0.3) is 0 Å². The first-order valence-electron chi connectivity index (χ1n) is 6.53. The van der Waals surface area contributed by atoms with E-state index in [9.17, 15) is 4.79 Å². The van der Waals surface area contributed by atoms with Gasteiger partial charge in [-0.15, -0.1) is 0 Å². The van der Waals surface area contributed by atoms with Crippen LogP contribution in [-0.4, -0.2) is 15.8 Å². The highest BCUT2D eigenvalue weighted by molar-refractivity contribution is 9.10. The Kier molecular flexibility index (Phi) is 4.10. The summed E-state index contributed by atoms with van der Waals surface area (Å²) in [6.07, 6.45) is 5.39. The molecule has 0 amide bonds. The van der Waals surface area contributed by atoms with Crippen molar-refractivity contribution in [3.8, 4) is 0 Å². The van der Waals surface area contributed by atoms with E-state index >= 15 is 0 Å². The quantitative estimate of drug-likeness (QED) is 0.933. The molecule has 1 heterocycles. The van der Waals surface area contributed by atoms with Gasteiger partial charge < -0.3 is 5.32 Å². The van der Waals surface area contributed by atoms with E-state index < -0.39 is 0 Å². The lowest BCUT2D eigenvalue weighted by Crippen LogP contribution is -2.27. The third-order valence-electron chi connectivity index (χ3n) is 4.17. The first-order valence-corrected chi connectivity index (χ1v) is 7.32. The van der Waals surface area contributed by atoms with Crippen molar-refractivity contribution in [2.45, 2.75) is 39.2 Å². The number of hydrogen-bond donors (Lipinski definition) is 1. The summed E-state index contributed by atoms with van der Waals surface area (Å²) in [5.74, 6) is 1.44. The van der Waals surface area contributed by atoms with Gasteiger partial charge in [-0.2, -0.15) is 5.10 Å². The van der Waals surface area contributed by atoms with Gasteiger partial charge in [-0.25, -0.2) is 4.68 Å². The van der Waals surface area contributed by atoms with Crippen LogP contribution in [0.15, 0.2) is 15.5 Å². The van der Waals surface area contributed by atoms with Crippen LogP contribution in [0.1, 0.15) is 33.1 Å². The molecule has 0 aliphatic heterocycles. The molecule has 100 valence electrons. The maximum Gasteiger partial charge on any atom is 0.282 e. The number of nitrogens with zero attached hydrogens (tertiary/aromatic N) is 2. The minimum absolute atomic E-state index is 0.0994. The van der Waals surface area contributed by atoms with Crippen LogP contribution in [0.5, 0.6) is 0 Å². The third-order valence-corrected chi connectivity index (χ3v) is 4.94. The van der Waals surface area contributed by atoms with Crippen LogP contribution in [-0.2, 0) is 7.05 Å². The predicted octanol–water partition coefficient (Wildman–Crippen LogP) is 2.78. The number of aromatic nitrogens is 2. The molecule has 3 atom stereocenters. The number of rotatable bonds is 3. The molecule has 0 spiro atoms. The number of halogens is 1. The SMILES string of the molecule is CCC1CCC(Nc2cnn(C)c(=O)c2Br)C1C. The summed E-state index contributed by atoms with van der Waals surface area (Å²) in [6, 6.07) is 0.445. The number of aryl methyl sites for hydroxylation is 1. The molecule has 1 aliphatic rings. The van der Waals surface area contributed by atoms with E-state index in [0.717, 1.165) is 11.6 Å². The van der Waals surface area contributed by atoms with Gasteiger partial charge in [0.25, 0.3) is 5.56 Å². The van der Waals surface area contributed by atoms with Crippen LogP contribution < -0.4 is 10.9 Å². The maximum absolute atomic E-state index is 11.8. The fourth-order valence-electron chi connectivity index (χ4n) is 2.84. The second-order valence-electron chi connectivity index (χ2n) is 5.16. The summed E-state index contributed by atoms with van der Waals surface area (Å²) in [5, 5.41) is 7.53. The average molecular weight is 314 g/mol. The topological polar surface area (TPSA) is 46.9 Å². The Morgan fingerprint density at radius 1 is 1.56 bits per heavy atom. The lowest BCUT2D eigenvalue weighted by Gasteiger charge is -2.22. The van der Waals surface area contributed by atoms with Crippen LogP contribution in [0.4, 0.5) is 5.69 Å².